The Bertz CT molecular complexity index is 1010. The van der Waals surface area contributed by atoms with Crippen molar-refractivity contribution in [1.29, 1.82) is 0 Å². The van der Waals surface area contributed by atoms with Crippen LogP contribution in [0.2, 0.25) is 0 Å². The first kappa shape index (κ1) is 17.3. The van der Waals surface area contributed by atoms with Crippen LogP contribution in [0, 0.1) is 6.92 Å². The molecule has 2 N–H and O–H groups in total. The maximum Gasteiger partial charge on any atom is 0.337 e. The Morgan fingerprint density at radius 2 is 2.04 bits per heavy atom. The molecule has 0 bridgehead atoms. The number of carbonyl (C=O) groups is 1. The van der Waals surface area contributed by atoms with Crippen LogP contribution in [0.15, 0.2) is 42.6 Å². The molecule has 2 aromatic carbocycles. The molecule has 1 aliphatic heterocycles. The summed E-state index contributed by atoms with van der Waals surface area (Å²) < 4.78 is 0. The molecule has 0 aliphatic carbocycles. The molecule has 6 nitrogen and oxygen atoms in total. The number of aromatic carboxylic acids is 1. The first-order chi connectivity index (χ1) is 13.0. The van der Waals surface area contributed by atoms with E-state index in [0.29, 0.717) is 5.69 Å². The third kappa shape index (κ3) is 3.30. The van der Waals surface area contributed by atoms with Crippen molar-refractivity contribution in [2.24, 2.45) is 0 Å². The molecule has 1 atom stereocenters. The summed E-state index contributed by atoms with van der Waals surface area (Å²) in [6, 6.07) is 11.0. The number of fused-ring (bicyclic) bond motifs is 1. The quantitative estimate of drug-likeness (QED) is 0.714. The fourth-order valence-corrected chi connectivity index (χ4v) is 3.41. The summed E-state index contributed by atoms with van der Waals surface area (Å²) in [6.07, 6.45) is 3.02. The van der Waals surface area contributed by atoms with E-state index in [0.717, 1.165) is 41.1 Å². The molecule has 1 aliphatic rings. The van der Waals surface area contributed by atoms with Gasteiger partial charge in [0.1, 0.15) is 5.82 Å². The molecular weight excluding hydrogens is 340 g/mol. The number of anilines is 2. The normalized spacial score (nSPS) is 14.7. The van der Waals surface area contributed by atoms with Gasteiger partial charge in [-0.1, -0.05) is 18.2 Å². The van der Waals surface area contributed by atoms with Gasteiger partial charge in [0.25, 0.3) is 0 Å². The van der Waals surface area contributed by atoms with Crippen molar-refractivity contribution < 1.29 is 9.90 Å². The standard InChI is InChI=1S/C21H22N4O2/c1-13-10-16(14(2)23-17-7-4-3-6-15(17)21(26)27)20-18(11-13)22-12-19(24-20)25-8-5-9-25/h3-4,6-7,10-12,14,23H,5,8-9H2,1-2H3,(H,26,27). The number of para-hydroxylation sites is 1. The van der Waals surface area contributed by atoms with Crippen LogP contribution < -0.4 is 10.2 Å². The smallest absolute Gasteiger partial charge is 0.337 e. The minimum absolute atomic E-state index is 0.117. The van der Waals surface area contributed by atoms with Crippen LogP contribution in [0.4, 0.5) is 11.5 Å². The van der Waals surface area contributed by atoms with Gasteiger partial charge in [-0.3, -0.25) is 4.98 Å². The van der Waals surface area contributed by atoms with E-state index < -0.39 is 5.97 Å². The number of hydrogen-bond acceptors (Lipinski definition) is 5. The molecule has 138 valence electrons. The molecule has 0 saturated carbocycles. The van der Waals surface area contributed by atoms with Gasteiger partial charge in [-0.05, 0) is 44.0 Å². The van der Waals surface area contributed by atoms with Crippen molar-refractivity contribution in [2.45, 2.75) is 26.3 Å². The molecule has 27 heavy (non-hydrogen) atoms. The van der Waals surface area contributed by atoms with Gasteiger partial charge in [-0.25, -0.2) is 9.78 Å². The summed E-state index contributed by atoms with van der Waals surface area (Å²) in [5, 5.41) is 12.8. The van der Waals surface area contributed by atoms with E-state index in [-0.39, 0.29) is 11.6 Å². The first-order valence-electron chi connectivity index (χ1n) is 9.14. The van der Waals surface area contributed by atoms with Crippen LogP contribution in [-0.4, -0.2) is 34.1 Å². The molecule has 1 saturated heterocycles. The van der Waals surface area contributed by atoms with Gasteiger partial charge < -0.3 is 15.3 Å². The summed E-state index contributed by atoms with van der Waals surface area (Å²) >= 11 is 0. The second-order valence-electron chi connectivity index (χ2n) is 7.01. The number of nitrogens with one attached hydrogen (secondary N) is 1. The predicted molar refractivity (Wildman–Crippen MR) is 107 cm³/mol. The Labute approximate surface area is 157 Å². The largest absolute Gasteiger partial charge is 0.478 e. The van der Waals surface area contributed by atoms with E-state index in [1.54, 1.807) is 18.2 Å². The Morgan fingerprint density at radius 1 is 1.26 bits per heavy atom. The molecule has 0 spiro atoms. The SMILES string of the molecule is Cc1cc(C(C)Nc2ccccc2C(=O)O)c2nc(N3CCC3)cnc2c1. The van der Waals surface area contributed by atoms with Crippen LogP contribution in [-0.2, 0) is 0 Å². The Kier molecular flexibility index (Phi) is 4.39. The number of nitrogens with zero attached hydrogens (tertiary/aromatic N) is 3. The second-order valence-corrected chi connectivity index (χ2v) is 7.01. The highest BCUT2D eigenvalue weighted by atomic mass is 16.4. The maximum atomic E-state index is 11.5. The van der Waals surface area contributed by atoms with Crippen LogP contribution in [0.3, 0.4) is 0 Å². The molecule has 0 radical (unpaired) electrons. The van der Waals surface area contributed by atoms with Gasteiger partial charge in [0.15, 0.2) is 0 Å². The van der Waals surface area contributed by atoms with Crippen molar-refractivity contribution in [1.82, 2.24) is 9.97 Å². The van der Waals surface area contributed by atoms with E-state index in [9.17, 15) is 9.90 Å². The molecule has 4 rings (SSSR count). The predicted octanol–water partition coefficient (Wildman–Crippen LogP) is 4.02. The summed E-state index contributed by atoms with van der Waals surface area (Å²) in [4.78, 5) is 23.2. The highest BCUT2D eigenvalue weighted by molar-refractivity contribution is 5.94. The van der Waals surface area contributed by atoms with Gasteiger partial charge >= 0.3 is 5.97 Å². The van der Waals surface area contributed by atoms with Crippen molar-refractivity contribution in [2.75, 3.05) is 23.3 Å². The van der Waals surface area contributed by atoms with E-state index in [2.05, 4.69) is 21.3 Å². The summed E-state index contributed by atoms with van der Waals surface area (Å²) in [5.74, 6) is -0.0451. The Balaban J connectivity index is 1.74. The van der Waals surface area contributed by atoms with Gasteiger partial charge in [-0.2, -0.15) is 0 Å². The number of carboxylic acid groups (broad SMARTS) is 1. The molecule has 2 heterocycles. The molecule has 6 heteroatoms. The maximum absolute atomic E-state index is 11.5. The summed E-state index contributed by atoms with van der Waals surface area (Å²) in [5.41, 5.74) is 4.68. The Hall–Kier alpha value is -3.15. The van der Waals surface area contributed by atoms with E-state index >= 15 is 0 Å². The third-order valence-corrected chi connectivity index (χ3v) is 4.99. The molecule has 0 amide bonds. The zero-order valence-electron chi connectivity index (χ0n) is 15.4. The lowest BCUT2D eigenvalue weighted by atomic mass is 10.0. The van der Waals surface area contributed by atoms with Crippen molar-refractivity contribution >= 4 is 28.5 Å². The number of hydrogen-bond donors (Lipinski definition) is 2. The number of carboxylic acids is 1. The lowest BCUT2D eigenvalue weighted by molar-refractivity contribution is 0.0698. The number of aromatic nitrogens is 2. The van der Waals surface area contributed by atoms with Gasteiger partial charge in [-0.15, -0.1) is 0 Å². The van der Waals surface area contributed by atoms with E-state index in [1.165, 1.54) is 6.42 Å². The number of benzene rings is 2. The highest BCUT2D eigenvalue weighted by Gasteiger charge is 2.19. The number of rotatable bonds is 5. The topological polar surface area (TPSA) is 78.3 Å². The van der Waals surface area contributed by atoms with Crippen molar-refractivity contribution in [3.05, 3.63) is 59.3 Å². The van der Waals surface area contributed by atoms with Crippen LogP contribution in [0.25, 0.3) is 11.0 Å². The average Bonchev–Trinajstić information content (AvgIpc) is 2.60. The number of aryl methyl sites for hydroxylation is 1. The molecule has 1 aromatic heterocycles. The minimum Gasteiger partial charge on any atom is -0.478 e. The summed E-state index contributed by atoms with van der Waals surface area (Å²) in [7, 11) is 0. The van der Waals surface area contributed by atoms with Gasteiger partial charge in [0.2, 0.25) is 0 Å². The fraction of sp³-hybridized carbons (Fsp3) is 0.286. The van der Waals surface area contributed by atoms with Gasteiger partial charge in [0.05, 0.1) is 28.8 Å². The van der Waals surface area contributed by atoms with Crippen molar-refractivity contribution in [3.8, 4) is 0 Å². The first-order valence-corrected chi connectivity index (χ1v) is 9.14. The third-order valence-electron chi connectivity index (χ3n) is 4.99. The zero-order valence-corrected chi connectivity index (χ0v) is 15.4. The fourth-order valence-electron chi connectivity index (χ4n) is 3.41. The zero-order chi connectivity index (χ0) is 19.0. The molecular formula is C21H22N4O2. The average molecular weight is 362 g/mol. The van der Waals surface area contributed by atoms with Crippen molar-refractivity contribution in [3.63, 3.8) is 0 Å². The second kappa shape index (κ2) is 6.87. The lowest BCUT2D eigenvalue weighted by Crippen LogP contribution is -2.37. The van der Waals surface area contributed by atoms with Gasteiger partial charge in [0, 0.05) is 24.3 Å². The van der Waals surface area contributed by atoms with E-state index in [4.69, 9.17) is 4.98 Å². The van der Waals surface area contributed by atoms with E-state index in [1.807, 2.05) is 32.2 Å². The van der Waals surface area contributed by atoms with Crippen LogP contribution in [0.1, 0.15) is 40.9 Å². The molecule has 1 unspecified atom stereocenters. The van der Waals surface area contributed by atoms with Crippen LogP contribution in [0.5, 0.6) is 0 Å². The minimum atomic E-state index is -0.945. The van der Waals surface area contributed by atoms with Crippen LogP contribution >= 0.6 is 0 Å². The molecule has 3 aromatic rings. The monoisotopic (exact) mass is 362 g/mol. The summed E-state index contributed by atoms with van der Waals surface area (Å²) in [6.45, 7) is 6.08. The Morgan fingerprint density at radius 3 is 2.74 bits per heavy atom. The molecule has 1 fully saturated rings. The highest BCUT2D eigenvalue weighted by Crippen LogP contribution is 2.29. The lowest BCUT2D eigenvalue weighted by Gasteiger charge is -2.32.